The van der Waals surface area contributed by atoms with Crippen molar-refractivity contribution in [2.75, 3.05) is 0 Å². The van der Waals surface area contributed by atoms with Crippen molar-refractivity contribution in [3.8, 4) is 0 Å². The summed E-state index contributed by atoms with van der Waals surface area (Å²) in [5, 5.41) is 13.0. The highest BCUT2D eigenvalue weighted by atomic mass is 16.8. The molecule has 1 atom stereocenters. The summed E-state index contributed by atoms with van der Waals surface area (Å²) >= 11 is 0. The summed E-state index contributed by atoms with van der Waals surface area (Å²) in [4.78, 5) is 5.98. The van der Waals surface area contributed by atoms with Crippen molar-refractivity contribution >= 4 is 0 Å². The Morgan fingerprint density at radius 1 is 1.70 bits per heavy atom. The molecule has 0 amide bonds. The summed E-state index contributed by atoms with van der Waals surface area (Å²) in [5.74, 6) is 0. The van der Waals surface area contributed by atoms with E-state index >= 15 is 0 Å². The third-order valence-corrected chi connectivity index (χ3v) is 1.42. The fourth-order valence-corrected chi connectivity index (χ4v) is 1.02. The van der Waals surface area contributed by atoms with Gasteiger partial charge in [0.2, 0.25) is 0 Å². The summed E-state index contributed by atoms with van der Waals surface area (Å²) in [7, 11) is 0. The summed E-state index contributed by atoms with van der Waals surface area (Å²) in [6.45, 7) is 5.88. The average molecular weight is 146 g/mol. The molecule has 58 valence electrons. The Morgan fingerprint density at radius 3 is 2.50 bits per heavy atom. The first kappa shape index (κ1) is 7.11. The van der Waals surface area contributed by atoms with Crippen LogP contribution in [0.4, 0.5) is 0 Å². The average Bonchev–Trinajstić information content (AvgIpc) is 1.80. The summed E-state index contributed by atoms with van der Waals surface area (Å²) < 4.78 is 0. The van der Waals surface area contributed by atoms with E-state index in [0.717, 1.165) is 4.97 Å². The van der Waals surface area contributed by atoms with Gasteiger partial charge < -0.3 is 5.21 Å². The number of hydrogen-bond donors (Lipinski definition) is 1. The highest BCUT2D eigenvalue weighted by Crippen LogP contribution is 2.17. The van der Waals surface area contributed by atoms with Crippen molar-refractivity contribution in [3.63, 3.8) is 0 Å². The van der Waals surface area contributed by atoms with Crippen molar-refractivity contribution in [3.05, 3.63) is 0 Å². The van der Waals surface area contributed by atoms with Gasteiger partial charge in [-0.3, -0.25) is 0 Å². The maximum Gasteiger partial charge on any atom is 0.301 e. The minimum atomic E-state index is 0.0101. The minimum Gasteiger partial charge on any atom is -0.357 e. The van der Waals surface area contributed by atoms with Crippen LogP contribution in [0.3, 0.4) is 0 Å². The van der Waals surface area contributed by atoms with Crippen LogP contribution in [-0.4, -0.2) is 27.5 Å². The van der Waals surface area contributed by atoms with E-state index < -0.39 is 0 Å². The minimum absolute atomic E-state index is 0.0101. The highest BCUT2D eigenvalue weighted by molar-refractivity contribution is 4.53. The lowest BCUT2D eigenvalue weighted by Crippen LogP contribution is -2.57. The zero-order valence-corrected chi connectivity index (χ0v) is 6.35. The molecule has 1 unspecified atom stereocenters. The Labute approximate surface area is 59.4 Å². The molecule has 1 aliphatic heterocycles. The summed E-state index contributed by atoms with van der Waals surface area (Å²) in [6, 6.07) is 0.291. The van der Waals surface area contributed by atoms with Gasteiger partial charge in [-0.25, -0.2) is 0 Å². The monoisotopic (exact) mass is 146 g/mol. The largest absolute Gasteiger partial charge is 0.357 e. The van der Waals surface area contributed by atoms with Crippen molar-refractivity contribution in [1.29, 1.82) is 0 Å². The molecule has 1 heterocycles. The van der Waals surface area contributed by atoms with Crippen molar-refractivity contribution < 1.29 is 15.0 Å². The second-order valence-electron chi connectivity index (χ2n) is 2.52. The van der Waals surface area contributed by atoms with Crippen LogP contribution in [0.2, 0.25) is 0 Å². The standard InChI is InChI=1S/C5H11N3O2/c1-4(2)7-5(3)10-8(7)6-9/h4-5H,1-3H3/p+1. The molecule has 1 aliphatic rings. The summed E-state index contributed by atoms with van der Waals surface area (Å²) in [5.41, 5.74) is 0. The van der Waals surface area contributed by atoms with E-state index in [1.165, 1.54) is 0 Å². The zero-order valence-electron chi connectivity index (χ0n) is 6.35. The first-order chi connectivity index (χ1) is 4.66. The predicted molar refractivity (Wildman–Crippen MR) is 32.0 cm³/mol. The van der Waals surface area contributed by atoms with Gasteiger partial charge >= 0.3 is 6.23 Å². The lowest BCUT2D eigenvalue weighted by Gasteiger charge is -2.29. The second kappa shape index (κ2) is 2.32. The Bertz CT molecular complexity index is 152. The smallest absolute Gasteiger partial charge is 0.301 e. The van der Waals surface area contributed by atoms with Crippen LogP contribution in [0, 0.1) is 0 Å². The topological polar surface area (TPSA) is 48.1 Å². The third kappa shape index (κ3) is 0.872. The molecule has 0 radical (unpaired) electrons. The van der Waals surface area contributed by atoms with Gasteiger partial charge in [0.1, 0.15) is 0 Å². The lowest BCUT2D eigenvalue weighted by molar-refractivity contribution is -1.05. The molecule has 1 N–H and O–H groups in total. The Balaban J connectivity index is 2.57. The van der Waals surface area contributed by atoms with Gasteiger partial charge in [-0.2, -0.15) is 4.84 Å². The molecule has 1 rings (SSSR count). The lowest BCUT2D eigenvalue weighted by atomic mass is 10.3. The Kier molecular flexibility index (Phi) is 1.65. The molecule has 5 heteroatoms. The maximum absolute atomic E-state index is 8.31. The van der Waals surface area contributed by atoms with Crippen LogP contribution in [0.1, 0.15) is 20.8 Å². The molecule has 1 fully saturated rings. The van der Waals surface area contributed by atoms with Gasteiger partial charge in [0.15, 0.2) is 0 Å². The zero-order chi connectivity index (χ0) is 7.72. The van der Waals surface area contributed by atoms with Crippen LogP contribution in [0.5, 0.6) is 0 Å². The molecule has 0 aromatic rings. The number of nitrogens with zero attached hydrogens (tertiary/aromatic N) is 3. The van der Waals surface area contributed by atoms with Gasteiger partial charge in [-0.05, 0) is 13.8 Å². The maximum atomic E-state index is 8.31. The summed E-state index contributed by atoms with van der Waals surface area (Å²) in [6.07, 6.45) is 0.0101. The number of hydrazine groups is 1. The van der Waals surface area contributed by atoms with Crippen molar-refractivity contribution in [2.45, 2.75) is 33.0 Å². The Morgan fingerprint density at radius 2 is 2.30 bits per heavy atom. The van der Waals surface area contributed by atoms with E-state index in [-0.39, 0.29) is 6.23 Å². The predicted octanol–water partition coefficient (Wildman–Crippen LogP) is 0.757. The van der Waals surface area contributed by atoms with E-state index in [4.69, 9.17) is 10.0 Å². The molecule has 1 saturated heterocycles. The molecule has 0 bridgehead atoms. The van der Waals surface area contributed by atoms with Gasteiger partial charge in [0.25, 0.3) is 10.2 Å². The van der Waals surface area contributed by atoms with Crippen LogP contribution in [0.15, 0.2) is 5.28 Å². The molecule has 0 aliphatic carbocycles. The van der Waals surface area contributed by atoms with Gasteiger partial charge in [0.05, 0.1) is 6.04 Å². The first-order valence-electron chi connectivity index (χ1n) is 3.27. The Hall–Kier alpha value is -1.00. The van der Waals surface area contributed by atoms with Crippen LogP contribution in [0.25, 0.3) is 0 Å². The first-order valence-corrected chi connectivity index (χ1v) is 3.27. The van der Waals surface area contributed by atoms with E-state index in [1.54, 1.807) is 5.01 Å². The van der Waals surface area contributed by atoms with Gasteiger partial charge in [-0.1, -0.05) is 5.01 Å². The van der Waals surface area contributed by atoms with E-state index in [9.17, 15) is 0 Å². The molecular formula is C5H12N3O2+. The SMILES string of the molecule is CC(C)N1C(C)O/[N+]1=N\O. The molecule has 0 aromatic carbocycles. The van der Waals surface area contributed by atoms with Gasteiger partial charge in [-0.15, -0.1) is 0 Å². The normalized spacial score (nSPS) is 28.6. The fourth-order valence-electron chi connectivity index (χ4n) is 1.02. The van der Waals surface area contributed by atoms with Gasteiger partial charge in [0, 0.05) is 6.92 Å². The molecule has 0 spiro atoms. The van der Waals surface area contributed by atoms with Crippen LogP contribution < -0.4 is 0 Å². The van der Waals surface area contributed by atoms with Crippen molar-refractivity contribution in [2.24, 2.45) is 5.28 Å². The third-order valence-electron chi connectivity index (χ3n) is 1.42. The van der Waals surface area contributed by atoms with E-state index in [1.807, 2.05) is 20.8 Å². The van der Waals surface area contributed by atoms with E-state index in [0.29, 0.717) is 6.04 Å². The second-order valence-corrected chi connectivity index (χ2v) is 2.52. The number of hydrogen-bond acceptors (Lipinski definition) is 2. The molecule has 0 aromatic heterocycles. The number of rotatable bonds is 1. The molecule has 10 heavy (non-hydrogen) atoms. The quantitative estimate of drug-likeness (QED) is 0.439. The molecule has 0 saturated carbocycles. The highest BCUT2D eigenvalue weighted by Gasteiger charge is 2.46. The van der Waals surface area contributed by atoms with Crippen LogP contribution >= 0.6 is 0 Å². The fraction of sp³-hybridized carbons (Fsp3) is 1.00. The molecule has 5 nitrogen and oxygen atoms in total. The van der Waals surface area contributed by atoms with Crippen molar-refractivity contribution in [1.82, 2.24) is 5.01 Å². The van der Waals surface area contributed by atoms with E-state index in [2.05, 4.69) is 5.28 Å². The van der Waals surface area contributed by atoms with Crippen LogP contribution in [-0.2, 0) is 4.84 Å². The molecular weight excluding hydrogens is 134 g/mol.